The number of hydrogen-bond donors (Lipinski definition) is 2. The summed E-state index contributed by atoms with van der Waals surface area (Å²) in [5.41, 5.74) is 4.63. The molecule has 1 fully saturated rings. The van der Waals surface area contributed by atoms with Gasteiger partial charge in [-0.05, 0) is 43.5 Å². The third-order valence-corrected chi connectivity index (χ3v) is 5.53. The summed E-state index contributed by atoms with van der Waals surface area (Å²) < 4.78 is 6.14. The Hall–Kier alpha value is -2.04. The number of ether oxygens (including phenoxy) is 1. The van der Waals surface area contributed by atoms with Gasteiger partial charge in [-0.25, -0.2) is 4.79 Å². The Bertz CT molecular complexity index is 836. The van der Waals surface area contributed by atoms with Gasteiger partial charge < -0.3 is 15.2 Å². The van der Waals surface area contributed by atoms with Gasteiger partial charge in [0.05, 0.1) is 17.7 Å². The smallest absolute Gasteiger partial charge is 0.335 e. The second-order valence-electron chi connectivity index (χ2n) is 6.85. The van der Waals surface area contributed by atoms with Gasteiger partial charge in [0.25, 0.3) is 0 Å². The largest absolute Gasteiger partial charge is 0.478 e. The first-order valence-electron chi connectivity index (χ1n) is 8.56. The molecule has 0 unspecified atom stereocenters. The third kappa shape index (κ3) is 2.90. The molecule has 1 saturated heterocycles. The molecule has 2 heterocycles. The highest BCUT2D eigenvalue weighted by Gasteiger charge is 2.40. The number of rotatable bonds is 2. The fraction of sp³-hybridized carbons (Fsp3) is 0.350. The number of anilines is 1. The van der Waals surface area contributed by atoms with Gasteiger partial charge >= 0.3 is 5.97 Å². The van der Waals surface area contributed by atoms with E-state index in [0.717, 1.165) is 30.7 Å². The van der Waals surface area contributed by atoms with Crippen LogP contribution in [-0.4, -0.2) is 17.7 Å². The lowest BCUT2D eigenvalue weighted by atomic mass is 9.77. The Kier molecular flexibility index (Phi) is 4.18. The summed E-state index contributed by atoms with van der Waals surface area (Å²) in [6.45, 7) is 2.86. The van der Waals surface area contributed by atoms with Gasteiger partial charge in [0.1, 0.15) is 0 Å². The molecule has 2 aliphatic heterocycles. The molecule has 2 aliphatic rings. The fourth-order valence-corrected chi connectivity index (χ4v) is 4.31. The van der Waals surface area contributed by atoms with Crippen molar-refractivity contribution in [2.45, 2.75) is 31.9 Å². The Morgan fingerprint density at radius 2 is 2.08 bits per heavy atom. The average Bonchev–Trinajstić information content (AvgIpc) is 2.61. The van der Waals surface area contributed by atoms with E-state index in [-0.39, 0.29) is 23.6 Å². The molecule has 0 bridgehead atoms. The van der Waals surface area contributed by atoms with Crippen molar-refractivity contribution < 1.29 is 14.6 Å². The second kappa shape index (κ2) is 6.36. The highest BCUT2D eigenvalue weighted by Crippen LogP contribution is 2.50. The van der Waals surface area contributed by atoms with Crippen LogP contribution in [0.3, 0.4) is 0 Å². The van der Waals surface area contributed by atoms with Crippen molar-refractivity contribution in [3.05, 3.63) is 63.7 Å². The topological polar surface area (TPSA) is 58.6 Å². The molecule has 25 heavy (non-hydrogen) atoms. The van der Waals surface area contributed by atoms with Gasteiger partial charge in [0.15, 0.2) is 0 Å². The lowest BCUT2D eigenvalue weighted by molar-refractivity contribution is -0.0381. The SMILES string of the molecule is Cc1ccc2c(c1)[C@@H]1OCCC[C@@H]1[C@@H](c1ccc(C(=O)O)cc1Cl)N2. The summed E-state index contributed by atoms with van der Waals surface area (Å²) in [6, 6.07) is 11.4. The zero-order chi connectivity index (χ0) is 17.6. The van der Waals surface area contributed by atoms with Crippen LogP contribution in [0.5, 0.6) is 0 Å². The minimum Gasteiger partial charge on any atom is -0.478 e. The van der Waals surface area contributed by atoms with E-state index in [1.807, 2.05) is 6.07 Å². The molecule has 130 valence electrons. The van der Waals surface area contributed by atoms with E-state index >= 15 is 0 Å². The van der Waals surface area contributed by atoms with Crippen LogP contribution in [0, 0.1) is 12.8 Å². The number of hydrogen-bond acceptors (Lipinski definition) is 3. The van der Waals surface area contributed by atoms with Crippen LogP contribution in [0.2, 0.25) is 5.02 Å². The van der Waals surface area contributed by atoms with Gasteiger partial charge in [0, 0.05) is 28.8 Å². The summed E-state index contributed by atoms with van der Waals surface area (Å²) >= 11 is 6.45. The number of carboxylic acid groups (broad SMARTS) is 1. The molecule has 0 aliphatic carbocycles. The van der Waals surface area contributed by atoms with Crippen molar-refractivity contribution in [1.29, 1.82) is 0 Å². The second-order valence-corrected chi connectivity index (χ2v) is 7.26. The zero-order valence-electron chi connectivity index (χ0n) is 14.0. The summed E-state index contributed by atoms with van der Waals surface area (Å²) in [6.07, 6.45) is 2.11. The van der Waals surface area contributed by atoms with Crippen molar-refractivity contribution in [2.24, 2.45) is 5.92 Å². The Balaban J connectivity index is 1.77. The number of nitrogens with one attached hydrogen (secondary N) is 1. The van der Waals surface area contributed by atoms with Crippen molar-refractivity contribution in [1.82, 2.24) is 0 Å². The van der Waals surface area contributed by atoms with E-state index in [1.54, 1.807) is 6.07 Å². The first kappa shape index (κ1) is 16.4. The van der Waals surface area contributed by atoms with E-state index in [0.29, 0.717) is 5.02 Å². The molecule has 0 radical (unpaired) electrons. The highest BCUT2D eigenvalue weighted by molar-refractivity contribution is 6.31. The molecule has 0 aromatic heterocycles. The van der Waals surface area contributed by atoms with Crippen LogP contribution in [0.25, 0.3) is 0 Å². The summed E-state index contributed by atoms with van der Waals surface area (Å²) in [5.74, 6) is -0.694. The van der Waals surface area contributed by atoms with Gasteiger partial charge in [-0.1, -0.05) is 35.4 Å². The quantitative estimate of drug-likeness (QED) is 0.795. The van der Waals surface area contributed by atoms with E-state index in [2.05, 4.69) is 30.4 Å². The molecule has 5 heteroatoms. The monoisotopic (exact) mass is 357 g/mol. The standard InChI is InChI=1S/C20H20ClNO3/c1-11-4-7-17-15(9-11)19-14(3-2-8-25-19)18(22-17)13-6-5-12(20(23)24)10-16(13)21/h4-7,9-10,14,18-19,22H,2-3,8H2,1H3,(H,23,24)/t14-,18-,19-/m1/s1. The van der Waals surface area contributed by atoms with Crippen molar-refractivity contribution in [2.75, 3.05) is 11.9 Å². The van der Waals surface area contributed by atoms with Gasteiger partial charge in [-0.2, -0.15) is 0 Å². The number of fused-ring (bicyclic) bond motifs is 3. The number of aromatic carboxylic acids is 1. The van der Waals surface area contributed by atoms with Crippen LogP contribution in [0.4, 0.5) is 5.69 Å². The van der Waals surface area contributed by atoms with Crippen LogP contribution in [0.15, 0.2) is 36.4 Å². The Labute approximate surface area is 151 Å². The predicted molar refractivity (Wildman–Crippen MR) is 97.4 cm³/mol. The first-order chi connectivity index (χ1) is 12.0. The minimum absolute atomic E-state index is 0.0100. The molecular weight excluding hydrogens is 338 g/mol. The minimum atomic E-state index is -0.968. The van der Waals surface area contributed by atoms with E-state index in [4.69, 9.17) is 21.4 Å². The molecule has 0 amide bonds. The summed E-state index contributed by atoms with van der Waals surface area (Å²) in [4.78, 5) is 11.2. The van der Waals surface area contributed by atoms with Gasteiger partial charge in [-0.15, -0.1) is 0 Å². The maximum atomic E-state index is 11.2. The maximum absolute atomic E-state index is 11.2. The van der Waals surface area contributed by atoms with Gasteiger partial charge in [-0.3, -0.25) is 0 Å². The fourth-order valence-electron chi connectivity index (χ4n) is 4.01. The van der Waals surface area contributed by atoms with Crippen LogP contribution >= 0.6 is 11.6 Å². The van der Waals surface area contributed by atoms with Crippen LogP contribution < -0.4 is 5.32 Å². The number of aryl methyl sites for hydroxylation is 1. The molecule has 0 spiro atoms. The normalized spacial score (nSPS) is 24.8. The number of carbonyl (C=O) groups is 1. The molecule has 2 aromatic rings. The van der Waals surface area contributed by atoms with Crippen LogP contribution in [-0.2, 0) is 4.74 Å². The Morgan fingerprint density at radius 1 is 1.24 bits per heavy atom. The molecule has 4 rings (SSSR count). The van der Waals surface area contributed by atoms with Crippen molar-refractivity contribution in [3.8, 4) is 0 Å². The molecule has 0 saturated carbocycles. The summed E-state index contributed by atoms with van der Waals surface area (Å²) in [7, 11) is 0. The van der Waals surface area contributed by atoms with Crippen molar-refractivity contribution in [3.63, 3.8) is 0 Å². The molecule has 2 aromatic carbocycles. The first-order valence-corrected chi connectivity index (χ1v) is 8.94. The molecule has 3 atom stereocenters. The number of carboxylic acids is 1. The maximum Gasteiger partial charge on any atom is 0.335 e. The average molecular weight is 358 g/mol. The predicted octanol–water partition coefficient (Wildman–Crippen LogP) is 4.98. The van der Waals surface area contributed by atoms with Crippen LogP contribution in [0.1, 0.15) is 52.0 Å². The third-order valence-electron chi connectivity index (χ3n) is 5.20. The molecule has 4 nitrogen and oxygen atoms in total. The highest BCUT2D eigenvalue weighted by atomic mass is 35.5. The van der Waals surface area contributed by atoms with Gasteiger partial charge in [0.2, 0.25) is 0 Å². The summed E-state index contributed by atoms with van der Waals surface area (Å²) in [5, 5.41) is 13.3. The van der Waals surface area contributed by atoms with Crippen molar-refractivity contribution >= 4 is 23.3 Å². The lowest BCUT2D eigenvalue weighted by Gasteiger charge is -2.43. The Morgan fingerprint density at radius 3 is 2.84 bits per heavy atom. The van der Waals surface area contributed by atoms with E-state index in [1.165, 1.54) is 17.2 Å². The number of halogens is 1. The zero-order valence-corrected chi connectivity index (χ0v) is 14.7. The number of benzene rings is 2. The molecular formula is C20H20ClNO3. The molecule has 2 N–H and O–H groups in total. The lowest BCUT2D eigenvalue weighted by Crippen LogP contribution is -2.36. The van der Waals surface area contributed by atoms with E-state index in [9.17, 15) is 4.79 Å². The van der Waals surface area contributed by atoms with E-state index < -0.39 is 5.97 Å².